The summed E-state index contributed by atoms with van der Waals surface area (Å²) < 4.78 is 0. The summed E-state index contributed by atoms with van der Waals surface area (Å²) in [6.07, 6.45) is 0.799. The van der Waals surface area contributed by atoms with Gasteiger partial charge in [-0.05, 0) is 12.8 Å². The zero-order valence-corrected chi connectivity index (χ0v) is 7.71. The summed E-state index contributed by atoms with van der Waals surface area (Å²) in [5.41, 5.74) is 5.45. The Hall–Kier alpha value is -0.610. The third-order valence-electron chi connectivity index (χ3n) is 1.76. The van der Waals surface area contributed by atoms with E-state index < -0.39 is 12.1 Å². The minimum Gasteiger partial charge on any atom is -0.391 e. The Morgan fingerprint density at radius 1 is 1.50 bits per heavy atom. The number of aliphatic hydroxyl groups is 1. The zero-order valence-electron chi connectivity index (χ0n) is 7.71. The average molecular weight is 174 g/mol. The number of hydrogen-bond acceptors (Lipinski definition) is 3. The molecule has 0 fully saturated rings. The third kappa shape index (κ3) is 4.31. The number of hydrogen-bond donors (Lipinski definition) is 3. The molecule has 2 atom stereocenters. The molecule has 0 aromatic carbocycles. The second-order valence-electron chi connectivity index (χ2n) is 2.82. The summed E-state index contributed by atoms with van der Waals surface area (Å²) in [6, 6.07) is -0.450. The van der Waals surface area contributed by atoms with Crippen molar-refractivity contribution >= 4 is 5.91 Å². The second-order valence-corrected chi connectivity index (χ2v) is 2.82. The van der Waals surface area contributed by atoms with Gasteiger partial charge in [0.1, 0.15) is 0 Å². The van der Waals surface area contributed by atoms with Crippen LogP contribution in [0, 0.1) is 0 Å². The van der Waals surface area contributed by atoms with Crippen LogP contribution < -0.4 is 11.1 Å². The number of amides is 1. The number of rotatable bonds is 5. The van der Waals surface area contributed by atoms with E-state index in [4.69, 9.17) is 10.8 Å². The van der Waals surface area contributed by atoms with Crippen LogP contribution in [-0.2, 0) is 4.79 Å². The molecule has 0 aliphatic heterocycles. The molecule has 0 bridgehead atoms. The lowest BCUT2D eigenvalue weighted by Crippen LogP contribution is -2.42. The van der Waals surface area contributed by atoms with Gasteiger partial charge in [0.15, 0.2) is 0 Å². The van der Waals surface area contributed by atoms with Gasteiger partial charge < -0.3 is 16.2 Å². The molecule has 0 aliphatic rings. The van der Waals surface area contributed by atoms with E-state index in [1.54, 1.807) is 0 Å². The Bertz CT molecular complexity index is 139. The molecular weight excluding hydrogens is 156 g/mol. The molecule has 1 amide bonds. The SMILES string of the molecule is CCC(O)CNC(=O)[C@@H](N)CC. The predicted octanol–water partition coefficient (Wildman–Crippen LogP) is -0.389. The average Bonchev–Trinajstić information content (AvgIpc) is 2.11. The van der Waals surface area contributed by atoms with Crippen LogP contribution in [0.4, 0.5) is 0 Å². The normalized spacial score (nSPS) is 15.3. The summed E-state index contributed by atoms with van der Waals surface area (Å²) in [6.45, 7) is 4.00. The highest BCUT2D eigenvalue weighted by molar-refractivity contribution is 5.81. The Morgan fingerprint density at radius 2 is 2.08 bits per heavy atom. The summed E-state index contributed by atoms with van der Waals surface area (Å²) in [5, 5.41) is 11.7. The maximum atomic E-state index is 11.0. The van der Waals surface area contributed by atoms with Gasteiger partial charge in [-0.25, -0.2) is 0 Å². The highest BCUT2D eigenvalue weighted by Gasteiger charge is 2.11. The quantitative estimate of drug-likeness (QED) is 0.531. The van der Waals surface area contributed by atoms with E-state index in [1.807, 2.05) is 13.8 Å². The smallest absolute Gasteiger partial charge is 0.236 e. The first-order valence-corrected chi connectivity index (χ1v) is 4.33. The van der Waals surface area contributed by atoms with Crippen molar-refractivity contribution in [2.45, 2.75) is 38.8 Å². The van der Waals surface area contributed by atoms with Crippen LogP contribution in [0.2, 0.25) is 0 Å². The van der Waals surface area contributed by atoms with Gasteiger partial charge in [-0.3, -0.25) is 4.79 Å². The van der Waals surface area contributed by atoms with E-state index in [-0.39, 0.29) is 5.91 Å². The topological polar surface area (TPSA) is 75.3 Å². The van der Waals surface area contributed by atoms with Gasteiger partial charge in [-0.15, -0.1) is 0 Å². The summed E-state index contributed by atoms with van der Waals surface area (Å²) in [7, 11) is 0. The van der Waals surface area contributed by atoms with E-state index >= 15 is 0 Å². The van der Waals surface area contributed by atoms with Crippen LogP contribution >= 0.6 is 0 Å². The van der Waals surface area contributed by atoms with Gasteiger partial charge in [0.2, 0.25) is 5.91 Å². The molecule has 0 saturated heterocycles. The van der Waals surface area contributed by atoms with Gasteiger partial charge in [0, 0.05) is 6.54 Å². The molecule has 0 rings (SSSR count). The standard InChI is InChI=1S/C8H18N2O2/c1-3-6(11)5-10-8(12)7(9)4-2/h6-7,11H,3-5,9H2,1-2H3,(H,10,12)/t6?,7-/m0/s1. The first-order chi connectivity index (χ1) is 5.61. The maximum Gasteiger partial charge on any atom is 0.236 e. The van der Waals surface area contributed by atoms with Crippen LogP contribution in [0.3, 0.4) is 0 Å². The van der Waals surface area contributed by atoms with E-state index in [9.17, 15) is 4.79 Å². The van der Waals surface area contributed by atoms with Crippen molar-refractivity contribution in [3.63, 3.8) is 0 Å². The van der Waals surface area contributed by atoms with Crippen molar-refractivity contribution in [1.29, 1.82) is 0 Å². The van der Waals surface area contributed by atoms with Crippen LogP contribution in [0.25, 0.3) is 0 Å². The van der Waals surface area contributed by atoms with Crippen LogP contribution in [-0.4, -0.2) is 29.7 Å². The van der Waals surface area contributed by atoms with E-state index in [0.717, 1.165) is 0 Å². The van der Waals surface area contributed by atoms with Crippen molar-refractivity contribution in [2.75, 3.05) is 6.54 Å². The van der Waals surface area contributed by atoms with E-state index in [2.05, 4.69) is 5.32 Å². The second kappa shape index (κ2) is 5.97. The number of aliphatic hydroxyl groups excluding tert-OH is 1. The molecule has 0 heterocycles. The lowest BCUT2D eigenvalue weighted by atomic mass is 10.2. The summed E-state index contributed by atoms with van der Waals surface area (Å²) in [5.74, 6) is -0.190. The Morgan fingerprint density at radius 3 is 2.50 bits per heavy atom. The lowest BCUT2D eigenvalue weighted by molar-refractivity contribution is -0.122. The zero-order chi connectivity index (χ0) is 9.56. The lowest BCUT2D eigenvalue weighted by Gasteiger charge is -2.12. The van der Waals surface area contributed by atoms with Gasteiger partial charge in [0.05, 0.1) is 12.1 Å². The fraction of sp³-hybridized carbons (Fsp3) is 0.875. The first-order valence-electron chi connectivity index (χ1n) is 4.33. The fourth-order valence-electron chi connectivity index (χ4n) is 0.679. The van der Waals surface area contributed by atoms with Crippen molar-refractivity contribution in [2.24, 2.45) is 5.73 Å². The molecule has 1 unspecified atom stereocenters. The summed E-state index contributed by atoms with van der Waals surface area (Å²) >= 11 is 0. The molecule has 4 N–H and O–H groups in total. The Kier molecular flexibility index (Phi) is 5.66. The Labute approximate surface area is 73.1 Å². The van der Waals surface area contributed by atoms with Gasteiger partial charge >= 0.3 is 0 Å². The highest BCUT2D eigenvalue weighted by Crippen LogP contribution is 1.89. The monoisotopic (exact) mass is 174 g/mol. The van der Waals surface area contributed by atoms with E-state index in [0.29, 0.717) is 19.4 Å². The van der Waals surface area contributed by atoms with Gasteiger partial charge in [0.25, 0.3) is 0 Å². The van der Waals surface area contributed by atoms with E-state index in [1.165, 1.54) is 0 Å². The van der Waals surface area contributed by atoms with Crippen molar-refractivity contribution in [3.05, 3.63) is 0 Å². The van der Waals surface area contributed by atoms with Gasteiger partial charge in [-0.2, -0.15) is 0 Å². The maximum absolute atomic E-state index is 11.0. The fourth-order valence-corrected chi connectivity index (χ4v) is 0.679. The van der Waals surface area contributed by atoms with Crippen LogP contribution in [0.5, 0.6) is 0 Å². The van der Waals surface area contributed by atoms with Crippen molar-refractivity contribution in [1.82, 2.24) is 5.32 Å². The largest absolute Gasteiger partial charge is 0.391 e. The highest BCUT2D eigenvalue weighted by atomic mass is 16.3. The predicted molar refractivity (Wildman–Crippen MR) is 47.6 cm³/mol. The molecule has 0 aliphatic carbocycles. The minimum atomic E-state index is -0.460. The molecule has 0 saturated carbocycles. The third-order valence-corrected chi connectivity index (χ3v) is 1.76. The molecule has 4 nitrogen and oxygen atoms in total. The first kappa shape index (κ1) is 11.4. The Balaban J connectivity index is 3.56. The molecule has 0 aromatic rings. The van der Waals surface area contributed by atoms with Crippen LogP contribution in [0.1, 0.15) is 26.7 Å². The molecule has 0 radical (unpaired) electrons. The summed E-state index contributed by atoms with van der Waals surface area (Å²) in [4.78, 5) is 11.0. The van der Waals surface area contributed by atoms with Crippen molar-refractivity contribution < 1.29 is 9.90 Å². The number of nitrogens with one attached hydrogen (secondary N) is 1. The molecule has 12 heavy (non-hydrogen) atoms. The molecule has 0 spiro atoms. The molecular formula is C8H18N2O2. The molecule has 4 heteroatoms. The number of nitrogens with two attached hydrogens (primary N) is 1. The minimum absolute atomic E-state index is 0.190. The molecule has 72 valence electrons. The van der Waals surface area contributed by atoms with Crippen LogP contribution in [0.15, 0.2) is 0 Å². The van der Waals surface area contributed by atoms with Gasteiger partial charge in [-0.1, -0.05) is 13.8 Å². The molecule has 0 aromatic heterocycles. The van der Waals surface area contributed by atoms with Crippen molar-refractivity contribution in [3.8, 4) is 0 Å². The number of carbonyl (C=O) groups excluding carboxylic acids is 1. The number of carbonyl (C=O) groups is 1.